The average Bonchev–Trinajstić information content (AvgIpc) is 2.62. The smallest absolute Gasteiger partial charge is 0.262 e. The van der Waals surface area contributed by atoms with Crippen molar-refractivity contribution in [3.8, 4) is 0 Å². The fourth-order valence-corrected chi connectivity index (χ4v) is 3.75. The van der Waals surface area contributed by atoms with Crippen LogP contribution >= 0.6 is 23.4 Å². The Balaban J connectivity index is 1.83. The number of aromatic nitrogens is 2. The number of halogens is 1. The van der Waals surface area contributed by atoms with Crippen LogP contribution in [-0.4, -0.2) is 21.2 Å². The third kappa shape index (κ3) is 4.70. The molecule has 1 heterocycles. The normalized spacial score (nSPS) is 10.9. The number of carbonyl (C=O) groups is 1. The van der Waals surface area contributed by atoms with Gasteiger partial charge in [-0.05, 0) is 49.2 Å². The van der Waals surface area contributed by atoms with E-state index < -0.39 is 0 Å². The largest absolute Gasteiger partial charge is 0.325 e. The maximum Gasteiger partial charge on any atom is 0.262 e. The molecule has 2 aromatic carbocycles. The number of carbonyl (C=O) groups excluding carboxylic acids is 1. The Hall–Kier alpha value is -2.31. The third-order valence-corrected chi connectivity index (χ3v) is 5.18. The molecule has 1 amide bonds. The first kappa shape index (κ1) is 19.5. The van der Waals surface area contributed by atoms with E-state index in [1.54, 1.807) is 22.8 Å². The SMILES string of the molecule is CCCn1c(SCC(=O)Nc2cccc(C)c2)nc2cc(Cl)ccc2c1=O. The van der Waals surface area contributed by atoms with Crippen LogP contribution in [0.4, 0.5) is 5.69 Å². The number of nitrogens with one attached hydrogen (secondary N) is 1. The molecule has 0 aliphatic heterocycles. The molecule has 27 heavy (non-hydrogen) atoms. The number of benzene rings is 2. The van der Waals surface area contributed by atoms with Gasteiger partial charge in [0.25, 0.3) is 5.56 Å². The number of rotatable bonds is 6. The molecule has 3 rings (SSSR count). The Morgan fingerprint density at radius 3 is 2.81 bits per heavy atom. The molecule has 0 radical (unpaired) electrons. The lowest BCUT2D eigenvalue weighted by Gasteiger charge is -2.12. The Morgan fingerprint density at radius 1 is 1.26 bits per heavy atom. The highest BCUT2D eigenvalue weighted by Crippen LogP contribution is 2.21. The summed E-state index contributed by atoms with van der Waals surface area (Å²) in [5.74, 6) is 0.0185. The molecule has 0 aliphatic carbocycles. The van der Waals surface area contributed by atoms with Gasteiger partial charge in [-0.25, -0.2) is 4.98 Å². The van der Waals surface area contributed by atoms with Gasteiger partial charge in [0.05, 0.1) is 16.7 Å². The highest BCUT2D eigenvalue weighted by Gasteiger charge is 2.13. The summed E-state index contributed by atoms with van der Waals surface area (Å²) in [6.45, 7) is 4.52. The molecular formula is C20H20ClN3O2S. The molecule has 1 N–H and O–H groups in total. The number of aryl methyl sites for hydroxylation is 1. The van der Waals surface area contributed by atoms with E-state index in [1.165, 1.54) is 11.8 Å². The van der Waals surface area contributed by atoms with Gasteiger partial charge in [0.2, 0.25) is 5.91 Å². The van der Waals surface area contributed by atoms with E-state index in [9.17, 15) is 9.59 Å². The maximum atomic E-state index is 12.8. The first-order valence-electron chi connectivity index (χ1n) is 8.67. The summed E-state index contributed by atoms with van der Waals surface area (Å²) in [7, 11) is 0. The first-order chi connectivity index (χ1) is 13.0. The van der Waals surface area contributed by atoms with Crippen LogP contribution in [0.5, 0.6) is 0 Å². The topological polar surface area (TPSA) is 64.0 Å². The van der Waals surface area contributed by atoms with Gasteiger partial charge in [0.1, 0.15) is 0 Å². The molecule has 3 aromatic rings. The van der Waals surface area contributed by atoms with Crippen molar-refractivity contribution in [2.45, 2.75) is 32.0 Å². The molecule has 0 bridgehead atoms. The summed E-state index contributed by atoms with van der Waals surface area (Å²) >= 11 is 7.29. The van der Waals surface area contributed by atoms with E-state index in [-0.39, 0.29) is 17.2 Å². The molecule has 5 nitrogen and oxygen atoms in total. The predicted octanol–water partition coefficient (Wildman–Crippen LogP) is 4.50. The van der Waals surface area contributed by atoms with Crippen LogP contribution in [0.3, 0.4) is 0 Å². The van der Waals surface area contributed by atoms with Gasteiger partial charge < -0.3 is 5.32 Å². The minimum atomic E-state index is -0.144. The van der Waals surface area contributed by atoms with E-state index in [1.807, 2.05) is 38.1 Å². The standard InChI is InChI=1S/C20H20ClN3O2S/c1-3-9-24-19(26)16-8-7-14(21)11-17(16)23-20(24)27-12-18(25)22-15-6-4-5-13(2)10-15/h4-8,10-11H,3,9,12H2,1-2H3,(H,22,25). The zero-order chi connectivity index (χ0) is 19.4. The average molecular weight is 402 g/mol. The summed E-state index contributed by atoms with van der Waals surface area (Å²) < 4.78 is 1.63. The summed E-state index contributed by atoms with van der Waals surface area (Å²) in [4.78, 5) is 29.7. The number of thioether (sulfide) groups is 1. The first-order valence-corrected chi connectivity index (χ1v) is 10.0. The molecule has 0 fully saturated rings. The number of hydrogen-bond acceptors (Lipinski definition) is 4. The second-order valence-corrected chi connectivity index (χ2v) is 7.60. The van der Waals surface area contributed by atoms with Gasteiger partial charge in [-0.2, -0.15) is 0 Å². The zero-order valence-electron chi connectivity index (χ0n) is 15.2. The maximum absolute atomic E-state index is 12.8. The van der Waals surface area contributed by atoms with Crippen molar-refractivity contribution in [1.82, 2.24) is 9.55 Å². The van der Waals surface area contributed by atoms with Crippen molar-refractivity contribution in [2.24, 2.45) is 0 Å². The second kappa shape index (κ2) is 8.59. The molecule has 0 aliphatic rings. The number of amides is 1. The van der Waals surface area contributed by atoms with Crippen molar-refractivity contribution in [3.63, 3.8) is 0 Å². The Labute approximate surface area is 166 Å². The minimum Gasteiger partial charge on any atom is -0.325 e. The van der Waals surface area contributed by atoms with E-state index in [4.69, 9.17) is 11.6 Å². The van der Waals surface area contributed by atoms with Gasteiger partial charge in [0, 0.05) is 17.3 Å². The van der Waals surface area contributed by atoms with E-state index in [2.05, 4.69) is 10.3 Å². The second-order valence-electron chi connectivity index (χ2n) is 6.22. The lowest BCUT2D eigenvalue weighted by molar-refractivity contribution is -0.113. The Kier molecular flexibility index (Phi) is 6.19. The van der Waals surface area contributed by atoms with Crippen LogP contribution in [0.15, 0.2) is 52.4 Å². The lowest BCUT2D eigenvalue weighted by Crippen LogP contribution is -2.24. The van der Waals surface area contributed by atoms with E-state index in [0.717, 1.165) is 17.7 Å². The number of fused-ring (bicyclic) bond motifs is 1. The molecule has 0 saturated heterocycles. The summed E-state index contributed by atoms with van der Waals surface area (Å²) in [6.07, 6.45) is 0.795. The minimum absolute atomic E-state index is 0.111. The zero-order valence-corrected chi connectivity index (χ0v) is 16.7. The van der Waals surface area contributed by atoms with Gasteiger partial charge in [-0.15, -0.1) is 0 Å². The molecule has 7 heteroatoms. The number of anilines is 1. The monoisotopic (exact) mass is 401 g/mol. The van der Waals surface area contributed by atoms with Crippen molar-refractivity contribution in [3.05, 3.63) is 63.4 Å². The van der Waals surface area contributed by atoms with E-state index in [0.29, 0.717) is 27.6 Å². The van der Waals surface area contributed by atoms with Crippen LogP contribution in [-0.2, 0) is 11.3 Å². The Morgan fingerprint density at radius 2 is 2.07 bits per heavy atom. The van der Waals surface area contributed by atoms with Crippen LogP contribution in [0.25, 0.3) is 10.9 Å². The molecule has 140 valence electrons. The fraction of sp³-hybridized carbons (Fsp3) is 0.250. The fourth-order valence-electron chi connectivity index (χ4n) is 2.75. The highest BCUT2D eigenvalue weighted by atomic mass is 35.5. The molecular weight excluding hydrogens is 382 g/mol. The van der Waals surface area contributed by atoms with Crippen LogP contribution in [0, 0.1) is 6.92 Å². The third-order valence-electron chi connectivity index (χ3n) is 3.96. The molecule has 0 spiro atoms. The number of hydrogen-bond donors (Lipinski definition) is 1. The van der Waals surface area contributed by atoms with E-state index >= 15 is 0 Å². The lowest BCUT2D eigenvalue weighted by atomic mass is 10.2. The number of nitrogens with zero attached hydrogens (tertiary/aromatic N) is 2. The van der Waals surface area contributed by atoms with Gasteiger partial charge in [-0.1, -0.05) is 42.4 Å². The van der Waals surface area contributed by atoms with Gasteiger partial charge >= 0.3 is 0 Å². The van der Waals surface area contributed by atoms with Crippen LogP contribution < -0.4 is 10.9 Å². The molecule has 0 atom stereocenters. The molecule has 0 unspecified atom stereocenters. The molecule has 0 saturated carbocycles. The van der Waals surface area contributed by atoms with Crippen molar-refractivity contribution in [2.75, 3.05) is 11.1 Å². The predicted molar refractivity (Wildman–Crippen MR) is 112 cm³/mol. The van der Waals surface area contributed by atoms with Crippen molar-refractivity contribution in [1.29, 1.82) is 0 Å². The van der Waals surface area contributed by atoms with Gasteiger partial charge in [0.15, 0.2) is 5.16 Å². The van der Waals surface area contributed by atoms with Crippen LogP contribution in [0.1, 0.15) is 18.9 Å². The quantitative estimate of drug-likeness (QED) is 0.488. The van der Waals surface area contributed by atoms with Crippen molar-refractivity contribution >= 4 is 45.9 Å². The highest BCUT2D eigenvalue weighted by molar-refractivity contribution is 7.99. The Bertz CT molecular complexity index is 1050. The van der Waals surface area contributed by atoms with Crippen LogP contribution in [0.2, 0.25) is 5.02 Å². The van der Waals surface area contributed by atoms with Crippen molar-refractivity contribution < 1.29 is 4.79 Å². The summed E-state index contributed by atoms with van der Waals surface area (Å²) in [5, 5.41) is 4.45. The summed E-state index contributed by atoms with van der Waals surface area (Å²) in [5.41, 5.74) is 2.26. The van der Waals surface area contributed by atoms with Gasteiger partial charge in [-0.3, -0.25) is 14.2 Å². The summed E-state index contributed by atoms with van der Waals surface area (Å²) in [6, 6.07) is 12.7. The molecule has 1 aromatic heterocycles.